The zero-order chi connectivity index (χ0) is 11.3. The maximum absolute atomic E-state index is 11.4. The Labute approximate surface area is 89.9 Å². The van der Waals surface area contributed by atoms with Gasteiger partial charge in [0.2, 0.25) is 0 Å². The van der Waals surface area contributed by atoms with Gasteiger partial charge in [-0.3, -0.25) is 9.59 Å². The van der Waals surface area contributed by atoms with Crippen molar-refractivity contribution in [2.24, 2.45) is 5.92 Å². The van der Waals surface area contributed by atoms with Crippen LogP contribution in [0.15, 0.2) is 0 Å². The molecule has 4 nitrogen and oxygen atoms in total. The smallest absolute Gasteiger partial charge is 0.309 e. The summed E-state index contributed by atoms with van der Waals surface area (Å²) in [7, 11) is 0. The van der Waals surface area contributed by atoms with Gasteiger partial charge in [0.1, 0.15) is 6.10 Å². The summed E-state index contributed by atoms with van der Waals surface area (Å²) in [6.07, 6.45) is 2.93. The highest BCUT2D eigenvalue weighted by molar-refractivity contribution is 5.73. The average molecular weight is 214 g/mol. The van der Waals surface area contributed by atoms with Gasteiger partial charge in [0.15, 0.2) is 0 Å². The van der Waals surface area contributed by atoms with E-state index in [0.717, 1.165) is 19.3 Å². The van der Waals surface area contributed by atoms with E-state index in [-0.39, 0.29) is 24.0 Å². The molecule has 1 aliphatic rings. The first kappa shape index (κ1) is 12.0. The van der Waals surface area contributed by atoms with Crippen molar-refractivity contribution < 1.29 is 19.1 Å². The van der Waals surface area contributed by atoms with Crippen LogP contribution in [0.3, 0.4) is 0 Å². The molecule has 1 heterocycles. The van der Waals surface area contributed by atoms with Crippen LogP contribution in [-0.4, -0.2) is 24.6 Å². The lowest BCUT2D eigenvalue weighted by Gasteiger charge is -2.24. The Kier molecular flexibility index (Phi) is 4.59. The molecule has 0 bridgehead atoms. The molecule has 2 atom stereocenters. The Morgan fingerprint density at radius 2 is 2.40 bits per heavy atom. The number of rotatable bonds is 4. The summed E-state index contributed by atoms with van der Waals surface area (Å²) >= 11 is 0. The Hall–Kier alpha value is -1.06. The zero-order valence-corrected chi connectivity index (χ0v) is 9.32. The molecule has 0 saturated carbocycles. The monoisotopic (exact) mass is 214 g/mol. The molecular formula is C11H18O4. The predicted octanol–water partition coefficient (Wildman–Crippen LogP) is 1.67. The predicted molar refractivity (Wildman–Crippen MR) is 54.1 cm³/mol. The highest BCUT2D eigenvalue weighted by atomic mass is 16.5. The Morgan fingerprint density at radius 1 is 1.67 bits per heavy atom. The molecule has 0 spiro atoms. The summed E-state index contributed by atoms with van der Waals surface area (Å²) < 4.78 is 10.1. The lowest BCUT2D eigenvalue weighted by Crippen LogP contribution is -2.29. The molecule has 0 aromatic carbocycles. The van der Waals surface area contributed by atoms with E-state index in [4.69, 9.17) is 9.47 Å². The topological polar surface area (TPSA) is 52.6 Å². The number of carbonyl (C=O) groups excluding carboxylic acids is 2. The Bertz CT molecular complexity index is 237. The molecule has 1 saturated heterocycles. The van der Waals surface area contributed by atoms with Crippen LogP contribution in [0.5, 0.6) is 0 Å². The van der Waals surface area contributed by atoms with Crippen molar-refractivity contribution in [3.8, 4) is 0 Å². The average Bonchev–Trinajstić information content (AvgIpc) is 2.19. The summed E-state index contributed by atoms with van der Waals surface area (Å²) in [6, 6.07) is 0. The molecule has 2 unspecified atom stereocenters. The molecule has 0 aliphatic carbocycles. The van der Waals surface area contributed by atoms with Crippen LogP contribution in [0.1, 0.15) is 39.5 Å². The fraction of sp³-hybridized carbons (Fsp3) is 0.818. The normalized spacial score (nSPS) is 23.1. The lowest BCUT2D eigenvalue weighted by molar-refractivity contribution is -0.158. The molecule has 4 heteroatoms. The van der Waals surface area contributed by atoms with Gasteiger partial charge >= 0.3 is 11.9 Å². The standard InChI is InChI=1S/C11H18O4/c1-3-10(15-8(2)12)7-9-5-4-6-14-11(9)13/h9-10H,3-7H2,1-2H3. The maximum atomic E-state index is 11.4. The molecule has 0 aromatic heterocycles. The first-order valence-electron chi connectivity index (χ1n) is 5.47. The van der Waals surface area contributed by atoms with Crippen molar-refractivity contribution in [3.63, 3.8) is 0 Å². The lowest BCUT2D eigenvalue weighted by atomic mass is 9.94. The van der Waals surface area contributed by atoms with E-state index >= 15 is 0 Å². The number of hydrogen-bond acceptors (Lipinski definition) is 4. The first-order chi connectivity index (χ1) is 7.13. The highest BCUT2D eigenvalue weighted by Gasteiger charge is 2.27. The fourth-order valence-electron chi connectivity index (χ4n) is 1.80. The van der Waals surface area contributed by atoms with E-state index in [0.29, 0.717) is 13.0 Å². The van der Waals surface area contributed by atoms with Crippen molar-refractivity contribution in [2.75, 3.05) is 6.61 Å². The van der Waals surface area contributed by atoms with Gasteiger partial charge in [-0.2, -0.15) is 0 Å². The number of cyclic esters (lactones) is 1. The minimum atomic E-state index is -0.286. The maximum Gasteiger partial charge on any atom is 0.309 e. The van der Waals surface area contributed by atoms with Crippen molar-refractivity contribution >= 4 is 11.9 Å². The summed E-state index contributed by atoms with van der Waals surface area (Å²) in [5.74, 6) is -0.527. The van der Waals surface area contributed by atoms with Crippen LogP contribution >= 0.6 is 0 Å². The Morgan fingerprint density at radius 3 is 2.93 bits per heavy atom. The number of hydrogen-bond donors (Lipinski definition) is 0. The van der Waals surface area contributed by atoms with Crippen molar-refractivity contribution in [1.29, 1.82) is 0 Å². The third-order valence-electron chi connectivity index (χ3n) is 2.61. The second-order valence-corrected chi connectivity index (χ2v) is 3.88. The van der Waals surface area contributed by atoms with E-state index in [9.17, 15) is 9.59 Å². The first-order valence-corrected chi connectivity index (χ1v) is 5.47. The minimum absolute atomic E-state index is 0.0944. The SMILES string of the molecule is CCC(CC1CCCOC1=O)OC(C)=O. The van der Waals surface area contributed by atoms with Crippen LogP contribution in [0, 0.1) is 5.92 Å². The second kappa shape index (κ2) is 5.73. The van der Waals surface area contributed by atoms with E-state index in [2.05, 4.69) is 0 Å². The van der Waals surface area contributed by atoms with E-state index in [1.165, 1.54) is 6.92 Å². The van der Waals surface area contributed by atoms with Crippen LogP contribution < -0.4 is 0 Å². The van der Waals surface area contributed by atoms with Gasteiger partial charge in [-0.15, -0.1) is 0 Å². The summed E-state index contributed by atoms with van der Waals surface area (Å²) in [5.41, 5.74) is 0. The van der Waals surface area contributed by atoms with Crippen LogP contribution in [0.4, 0.5) is 0 Å². The number of carbonyl (C=O) groups is 2. The molecule has 86 valence electrons. The van der Waals surface area contributed by atoms with Gasteiger partial charge in [0.05, 0.1) is 12.5 Å². The van der Waals surface area contributed by atoms with E-state index in [1.807, 2.05) is 6.92 Å². The largest absolute Gasteiger partial charge is 0.465 e. The van der Waals surface area contributed by atoms with Crippen molar-refractivity contribution in [1.82, 2.24) is 0 Å². The third kappa shape index (κ3) is 3.90. The fourth-order valence-corrected chi connectivity index (χ4v) is 1.80. The Balaban J connectivity index is 2.42. The molecule has 0 amide bonds. The van der Waals surface area contributed by atoms with Crippen LogP contribution in [0.2, 0.25) is 0 Å². The van der Waals surface area contributed by atoms with Gasteiger partial charge in [-0.25, -0.2) is 0 Å². The van der Waals surface area contributed by atoms with Gasteiger partial charge in [-0.05, 0) is 25.7 Å². The van der Waals surface area contributed by atoms with Gasteiger partial charge in [0.25, 0.3) is 0 Å². The molecule has 0 N–H and O–H groups in total. The molecule has 15 heavy (non-hydrogen) atoms. The summed E-state index contributed by atoms with van der Waals surface area (Å²) in [6.45, 7) is 3.86. The van der Waals surface area contributed by atoms with Crippen molar-refractivity contribution in [2.45, 2.75) is 45.6 Å². The second-order valence-electron chi connectivity index (χ2n) is 3.88. The molecule has 0 aromatic rings. The molecule has 1 fully saturated rings. The van der Waals surface area contributed by atoms with Gasteiger partial charge < -0.3 is 9.47 Å². The molecular weight excluding hydrogens is 196 g/mol. The van der Waals surface area contributed by atoms with Crippen molar-refractivity contribution in [3.05, 3.63) is 0 Å². The summed E-state index contributed by atoms with van der Waals surface area (Å²) in [5, 5.41) is 0. The van der Waals surface area contributed by atoms with Crippen LogP contribution in [0.25, 0.3) is 0 Å². The summed E-state index contributed by atoms with van der Waals surface area (Å²) in [4.78, 5) is 22.2. The molecule has 1 rings (SSSR count). The van der Waals surface area contributed by atoms with E-state index < -0.39 is 0 Å². The third-order valence-corrected chi connectivity index (χ3v) is 2.61. The quantitative estimate of drug-likeness (QED) is 0.668. The minimum Gasteiger partial charge on any atom is -0.465 e. The van der Waals surface area contributed by atoms with Gasteiger partial charge in [0, 0.05) is 6.92 Å². The zero-order valence-electron chi connectivity index (χ0n) is 9.32. The molecule has 0 radical (unpaired) electrons. The highest BCUT2D eigenvalue weighted by Crippen LogP contribution is 2.22. The molecule has 1 aliphatic heterocycles. The number of esters is 2. The van der Waals surface area contributed by atoms with E-state index in [1.54, 1.807) is 0 Å². The van der Waals surface area contributed by atoms with Gasteiger partial charge in [-0.1, -0.05) is 6.92 Å². The number of ether oxygens (including phenoxy) is 2. The van der Waals surface area contributed by atoms with Crippen LogP contribution in [-0.2, 0) is 19.1 Å².